The van der Waals surface area contributed by atoms with Gasteiger partial charge in [0.1, 0.15) is 18.5 Å². The molecule has 0 bridgehead atoms. The smallest absolute Gasteiger partial charge is 0.163 e. The largest absolute Gasteiger partial charge is 0.490 e. The second-order valence-electron chi connectivity index (χ2n) is 5.96. The fourth-order valence-electron chi connectivity index (χ4n) is 2.28. The molecule has 1 atom stereocenters. The quantitative estimate of drug-likeness (QED) is 0.831. The van der Waals surface area contributed by atoms with Gasteiger partial charge < -0.3 is 14.2 Å². The molecule has 0 N–H and O–H groups in total. The molecule has 1 saturated heterocycles. The topological polar surface area (TPSA) is 27.7 Å². The Hall–Kier alpha value is -1.06. The van der Waals surface area contributed by atoms with Crippen molar-refractivity contribution in [2.75, 3.05) is 13.2 Å². The first-order valence-corrected chi connectivity index (χ1v) is 6.92. The molecule has 0 spiro atoms. The van der Waals surface area contributed by atoms with E-state index < -0.39 is 5.79 Å². The minimum Gasteiger partial charge on any atom is -0.490 e. The first-order valence-electron chi connectivity index (χ1n) is 6.92. The maximum Gasteiger partial charge on any atom is 0.163 e. The maximum absolute atomic E-state index is 5.93. The maximum atomic E-state index is 5.93. The van der Waals surface area contributed by atoms with Crippen LogP contribution in [0.4, 0.5) is 0 Å². The number of benzene rings is 1. The van der Waals surface area contributed by atoms with Crippen molar-refractivity contribution < 1.29 is 14.2 Å². The molecule has 1 heterocycles. The van der Waals surface area contributed by atoms with Crippen molar-refractivity contribution in [2.24, 2.45) is 0 Å². The summed E-state index contributed by atoms with van der Waals surface area (Å²) in [5.74, 6) is 0.920. The number of hydrogen-bond donors (Lipinski definition) is 0. The lowest BCUT2D eigenvalue weighted by Gasteiger charge is -2.19. The van der Waals surface area contributed by atoms with Crippen LogP contribution in [-0.2, 0) is 9.47 Å². The molecule has 1 aromatic rings. The van der Waals surface area contributed by atoms with Gasteiger partial charge in [-0.3, -0.25) is 0 Å². The van der Waals surface area contributed by atoms with Gasteiger partial charge in [0.15, 0.2) is 5.79 Å². The summed E-state index contributed by atoms with van der Waals surface area (Å²) >= 11 is 0. The average Bonchev–Trinajstić information content (AvgIpc) is 2.67. The van der Waals surface area contributed by atoms with Gasteiger partial charge in [0, 0.05) is 0 Å². The van der Waals surface area contributed by atoms with Crippen molar-refractivity contribution in [1.82, 2.24) is 0 Å². The number of aryl methyl sites for hydroxylation is 1. The van der Waals surface area contributed by atoms with E-state index in [2.05, 4.69) is 32.9 Å². The highest BCUT2D eigenvalue weighted by Gasteiger charge is 2.33. The van der Waals surface area contributed by atoms with Crippen molar-refractivity contribution >= 4 is 0 Å². The molecule has 19 heavy (non-hydrogen) atoms. The van der Waals surface area contributed by atoms with Crippen LogP contribution in [0.3, 0.4) is 0 Å². The van der Waals surface area contributed by atoms with E-state index in [4.69, 9.17) is 14.2 Å². The summed E-state index contributed by atoms with van der Waals surface area (Å²) in [5, 5.41) is 0. The Bertz CT molecular complexity index is 438. The summed E-state index contributed by atoms with van der Waals surface area (Å²) < 4.78 is 17.2. The van der Waals surface area contributed by atoms with Crippen LogP contribution in [-0.4, -0.2) is 25.1 Å². The van der Waals surface area contributed by atoms with Crippen LogP contribution >= 0.6 is 0 Å². The molecule has 106 valence electrons. The van der Waals surface area contributed by atoms with E-state index in [1.807, 2.05) is 19.9 Å². The molecule has 0 aromatic heterocycles. The third-order valence-corrected chi connectivity index (χ3v) is 3.28. The lowest BCUT2D eigenvalue weighted by Crippen LogP contribution is -2.25. The van der Waals surface area contributed by atoms with Crippen molar-refractivity contribution in [3.63, 3.8) is 0 Å². The van der Waals surface area contributed by atoms with Gasteiger partial charge in [0.25, 0.3) is 0 Å². The lowest BCUT2D eigenvalue weighted by molar-refractivity contribution is -0.141. The zero-order valence-corrected chi connectivity index (χ0v) is 12.5. The first kappa shape index (κ1) is 14.4. The van der Waals surface area contributed by atoms with Crippen LogP contribution in [0.25, 0.3) is 0 Å². The zero-order valence-electron chi connectivity index (χ0n) is 12.5. The standard InChI is InChI=1S/C16H24O3/c1-11(2)14-8-12(3)6-7-15(14)17-9-13-10-18-16(4,5)19-13/h6-8,11,13H,9-10H2,1-5H3. The van der Waals surface area contributed by atoms with Crippen LogP contribution < -0.4 is 4.74 Å². The van der Waals surface area contributed by atoms with Crippen molar-refractivity contribution in [1.29, 1.82) is 0 Å². The van der Waals surface area contributed by atoms with E-state index >= 15 is 0 Å². The first-order chi connectivity index (χ1) is 8.87. The second-order valence-corrected chi connectivity index (χ2v) is 5.96. The van der Waals surface area contributed by atoms with Crippen LogP contribution in [0, 0.1) is 6.92 Å². The average molecular weight is 264 g/mol. The van der Waals surface area contributed by atoms with Crippen LogP contribution in [0.2, 0.25) is 0 Å². The highest BCUT2D eigenvalue weighted by Crippen LogP contribution is 2.29. The van der Waals surface area contributed by atoms with Gasteiger partial charge in [-0.05, 0) is 38.3 Å². The van der Waals surface area contributed by atoms with Gasteiger partial charge in [0.2, 0.25) is 0 Å². The highest BCUT2D eigenvalue weighted by molar-refractivity contribution is 5.38. The van der Waals surface area contributed by atoms with E-state index in [1.54, 1.807) is 0 Å². The van der Waals surface area contributed by atoms with E-state index in [0.717, 1.165) is 5.75 Å². The van der Waals surface area contributed by atoms with E-state index in [-0.39, 0.29) is 6.10 Å². The Morgan fingerprint density at radius 2 is 2.11 bits per heavy atom. The van der Waals surface area contributed by atoms with Gasteiger partial charge in [-0.2, -0.15) is 0 Å². The summed E-state index contributed by atoms with van der Waals surface area (Å²) in [6.45, 7) is 11.4. The van der Waals surface area contributed by atoms with Crippen molar-refractivity contribution in [3.05, 3.63) is 29.3 Å². The third kappa shape index (κ3) is 3.71. The predicted octanol–water partition coefficient (Wildman–Crippen LogP) is 3.65. The Morgan fingerprint density at radius 1 is 1.37 bits per heavy atom. The van der Waals surface area contributed by atoms with E-state index in [0.29, 0.717) is 19.1 Å². The molecule has 0 amide bonds. The normalized spacial score (nSPS) is 21.9. The van der Waals surface area contributed by atoms with E-state index in [9.17, 15) is 0 Å². The van der Waals surface area contributed by atoms with Gasteiger partial charge in [-0.1, -0.05) is 31.5 Å². The Balaban J connectivity index is 2.00. The number of ether oxygens (including phenoxy) is 3. The summed E-state index contributed by atoms with van der Waals surface area (Å²) in [6.07, 6.45) is 0.0105. The zero-order chi connectivity index (χ0) is 14.0. The fraction of sp³-hybridized carbons (Fsp3) is 0.625. The van der Waals surface area contributed by atoms with Crippen molar-refractivity contribution in [2.45, 2.75) is 52.4 Å². The Kier molecular flexibility index (Phi) is 4.16. The van der Waals surface area contributed by atoms with Gasteiger partial charge in [0.05, 0.1) is 6.61 Å². The summed E-state index contributed by atoms with van der Waals surface area (Å²) in [4.78, 5) is 0. The molecule has 1 aromatic carbocycles. The molecule has 1 unspecified atom stereocenters. The highest BCUT2D eigenvalue weighted by atomic mass is 16.7. The SMILES string of the molecule is Cc1ccc(OCC2COC(C)(C)O2)c(C(C)C)c1. The molecule has 3 nitrogen and oxygen atoms in total. The van der Waals surface area contributed by atoms with E-state index in [1.165, 1.54) is 11.1 Å². The van der Waals surface area contributed by atoms with Gasteiger partial charge >= 0.3 is 0 Å². The molecular formula is C16H24O3. The predicted molar refractivity (Wildman–Crippen MR) is 75.7 cm³/mol. The molecule has 1 fully saturated rings. The fourth-order valence-corrected chi connectivity index (χ4v) is 2.28. The summed E-state index contributed by atoms with van der Waals surface area (Å²) in [7, 11) is 0. The van der Waals surface area contributed by atoms with Gasteiger partial charge in [-0.25, -0.2) is 0 Å². The molecule has 2 rings (SSSR count). The molecule has 1 aliphatic rings. The molecular weight excluding hydrogens is 240 g/mol. The van der Waals surface area contributed by atoms with Crippen LogP contribution in [0.5, 0.6) is 5.75 Å². The van der Waals surface area contributed by atoms with Gasteiger partial charge in [-0.15, -0.1) is 0 Å². The van der Waals surface area contributed by atoms with Crippen LogP contribution in [0.1, 0.15) is 44.7 Å². The molecule has 0 aliphatic carbocycles. The Labute approximate surface area is 115 Å². The molecule has 0 radical (unpaired) electrons. The second kappa shape index (κ2) is 5.51. The van der Waals surface area contributed by atoms with Crippen molar-refractivity contribution in [3.8, 4) is 5.75 Å². The molecule has 3 heteroatoms. The minimum atomic E-state index is -0.484. The molecule has 1 aliphatic heterocycles. The number of rotatable bonds is 4. The Morgan fingerprint density at radius 3 is 2.68 bits per heavy atom. The summed E-state index contributed by atoms with van der Waals surface area (Å²) in [5.41, 5.74) is 2.51. The molecule has 0 saturated carbocycles. The van der Waals surface area contributed by atoms with Crippen LogP contribution in [0.15, 0.2) is 18.2 Å². The lowest BCUT2D eigenvalue weighted by atomic mass is 10.00. The summed E-state index contributed by atoms with van der Waals surface area (Å²) in [6, 6.07) is 6.32. The third-order valence-electron chi connectivity index (χ3n) is 3.28. The minimum absolute atomic E-state index is 0.0105. The number of hydrogen-bond acceptors (Lipinski definition) is 3. The monoisotopic (exact) mass is 264 g/mol.